The van der Waals surface area contributed by atoms with E-state index in [1.54, 1.807) is 0 Å². The Kier molecular flexibility index (Phi) is 4.76. The summed E-state index contributed by atoms with van der Waals surface area (Å²) in [6, 6.07) is 0. The van der Waals surface area contributed by atoms with E-state index >= 15 is 8.63 Å². The minimum atomic E-state index is -3.95. The van der Waals surface area contributed by atoms with Crippen molar-refractivity contribution in [3.8, 4) is 0 Å². The van der Waals surface area contributed by atoms with E-state index in [4.69, 9.17) is 4.74 Å². The van der Waals surface area contributed by atoms with Crippen LogP contribution in [0.5, 0.6) is 0 Å². The van der Waals surface area contributed by atoms with Gasteiger partial charge in [-0.1, -0.05) is 13.8 Å². The van der Waals surface area contributed by atoms with Gasteiger partial charge in [-0.05, 0) is 64.3 Å². The molecule has 0 spiro atoms. The van der Waals surface area contributed by atoms with Gasteiger partial charge in [-0.2, -0.15) is 0 Å². The molecular weight excluding hydrogens is 333 g/mol. The Hall–Kier alpha value is -1.69. The van der Waals surface area contributed by atoms with Crippen LogP contribution in [0.25, 0.3) is 5.57 Å². The molecule has 0 saturated carbocycles. The second kappa shape index (κ2) is 6.48. The molecule has 2 aliphatic rings. The zero-order valence-corrected chi connectivity index (χ0v) is 17.0. The van der Waals surface area contributed by atoms with Gasteiger partial charge < -0.3 is 22.3 Å². The van der Waals surface area contributed by atoms with Crippen molar-refractivity contribution in [3.05, 3.63) is 39.4 Å². The minimum absolute atomic E-state index is 0.223. The molecule has 0 aliphatic carbocycles. The lowest BCUT2D eigenvalue weighted by Gasteiger charge is -2.33. The number of hydrogen-bond acceptors (Lipinski definition) is 1. The molecule has 0 saturated heterocycles. The Labute approximate surface area is 155 Å². The molecule has 0 radical (unpaired) electrons. The van der Waals surface area contributed by atoms with Gasteiger partial charge in [0.15, 0.2) is 11.4 Å². The Morgan fingerprint density at radius 1 is 1.00 bits per heavy atom. The predicted molar refractivity (Wildman–Crippen MR) is 104 cm³/mol. The number of halogens is 2. The molecule has 1 aromatic heterocycles. The van der Waals surface area contributed by atoms with Crippen LogP contribution in [0.15, 0.2) is 16.8 Å². The first-order valence-electron chi connectivity index (χ1n) is 9.61. The fourth-order valence-corrected chi connectivity index (χ4v) is 4.96. The van der Waals surface area contributed by atoms with Crippen LogP contribution in [-0.2, 0) is 11.2 Å². The molecule has 26 heavy (non-hydrogen) atoms. The van der Waals surface area contributed by atoms with Crippen molar-refractivity contribution in [1.29, 1.82) is 0 Å². The number of allylic oxidation sites excluding steroid dienone is 2. The van der Waals surface area contributed by atoms with Crippen molar-refractivity contribution in [1.82, 2.24) is 4.48 Å². The minimum Gasteiger partial charge on any atom is -0.393 e. The van der Waals surface area contributed by atoms with Gasteiger partial charge in [-0.15, -0.1) is 0 Å². The van der Waals surface area contributed by atoms with E-state index in [-0.39, 0.29) is 6.61 Å². The normalized spacial score (nSPS) is 18.8. The summed E-state index contributed by atoms with van der Waals surface area (Å²) < 4.78 is 39.9. The SMILES string of the molecule is CCOCC1=[N+]2C(=C(C)c3c(C)c(CC)c(C)n3[B-]2(F)F)C(C)=C1CC. The molecule has 0 fully saturated rings. The Bertz CT molecular complexity index is 875. The average Bonchev–Trinajstić information content (AvgIpc) is 3.03. The van der Waals surface area contributed by atoms with Gasteiger partial charge in [0, 0.05) is 29.0 Å². The maximum atomic E-state index is 15.9. The zero-order chi connectivity index (χ0) is 19.4. The van der Waals surface area contributed by atoms with Crippen molar-refractivity contribution < 1.29 is 17.9 Å². The van der Waals surface area contributed by atoms with Crippen molar-refractivity contribution >= 4 is 18.3 Å². The third-order valence-corrected chi connectivity index (χ3v) is 6.02. The molecule has 1 aromatic rings. The standard InChI is InChI=1S/C20H29BF2N2O/c1-8-16-12(4)19-14(6)20-13(5)17(9-2)18(11-26-10-3)25(20)21(22,23)24(19)15(16)7/h8-11H2,1-7H3. The van der Waals surface area contributed by atoms with Gasteiger partial charge in [-0.3, -0.25) is 0 Å². The summed E-state index contributed by atoms with van der Waals surface area (Å²) in [5.74, 6) is 0. The van der Waals surface area contributed by atoms with E-state index in [1.807, 2.05) is 48.5 Å². The molecule has 0 unspecified atom stereocenters. The van der Waals surface area contributed by atoms with Gasteiger partial charge in [0.1, 0.15) is 6.61 Å². The Morgan fingerprint density at radius 3 is 2.19 bits per heavy atom. The molecule has 3 heterocycles. The molecule has 2 aliphatic heterocycles. The van der Waals surface area contributed by atoms with Crippen molar-refractivity contribution in [2.45, 2.75) is 61.3 Å². The fraction of sp³-hybridized carbons (Fsp3) is 0.550. The number of aromatic nitrogens is 1. The van der Waals surface area contributed by atoms with Crippen LogP contribution in [-0.4, -0.2) is 34.9 Å². The summed E-state index contributed by atoms with van der Waals surface area (Å²) >= 11 is 0. The van der Waals surface area contributed by atoms with Crippen molar-refractivity contribution in [3.63, 3.8) is 0 Å². The predicted octanol–water partition coefficient (Wildman–Crippen LogP) is 4.86. The number of hydrogen-bond donors (Lipinski definition) is 0. The number of rotatable bonds is 5. The largest absolute Gasteiger partial charge is 0.737 e. The van der Waals surface area contributed by atoms with Crippen LogP contribution < -0.4 is 0 Å². The quantitative estimate of drug-likeness (QED) is 0.684. The third kappa shape index (κ3) is 2.31. The maximum Gasteiger partial charge on any atom is 0.737 e. The summed E-state index contributed by atoms with van der Waals surface area (Å²) in [7, 11) is 0. The summed E-state index contributed by atoms with van der Waals surface area (Å²) in [5, 5.41) is 0. The molecule has 0 bridgehead atoms. The number of ether oxygens (including phenoxy) is 1. The van der Waals surface area contributed by atoms with Crippen LogP contribution in [0.2, 0.25) is 0 Å². The summed E-state index contributed by atoms with van der Waals surface area (Å²) in [6.07, 6.45) is 1.48. The molecule has 3 rings (SSSR count). The number of nitrogens with zero attached hydrogens (tertiary/aromatic N) is 2. The molecule has 0 aromatic carbocycles. The van der Waals surface area contributed by atoms with Crippen LogP contribution in [0.1, 0.15) is 63.6 Å². The van der Waals surface area contributed by atoms with Crippen LogP contribution in [0.4, 0.5) is 8.63 Å². The molecule has 6 heteroatoms. The van der Waals surface area contributed by atoms with Crippen LogP contribution in [0, 0.1) is 13.8 Å². The average molecular weight is 362 g/mol. The van der Waals surface area contributed by atoms with E-state index < -0.39 is 6.97 Å². The van der Waals surface area contributed by atoms with Gasteiger partial charge >= 0.3 is 6.97 Å². The van der Waals surface area contributed by atoms with E-state index in [0.29, 0.717) is 29.4 Å². The van der Waals surface area contributed by atoms with E-state index in [9.17, 15) is 0 Å². The highest BCUT2D eigenvalue weighted by atomic mass is 19.2. The van der Waals surface area contributed by atoms with E-state index in [1.165, 1.54) is 8.96 Å². The molecular formula is C20H29BF2N2O. The fourth-order valence-electron chi connectivity index (χ4n) is 4.96. The lowest BCUT2D eigenvalue weighted by molar-refractivity contribution is -0.365. The summed E-state index contributed by atoms with van der Waals surface area (Å²) in [4.78, 5) is 0. The highest BCUT2D eigenvalue weighted by molar-refractivity contribution is 6.58. The monoisotopic (exact) mass is 362 g/mol. The highest BCUT2D eigenvalue weighted by Crippen LogP contribution is 2.44. The van der Waals surface area contributed by atoms with Gasteiger partial charge in [0.2, 0.25) is 0 Å². The summed E-state index contributed by atoms with van der Waals surface area (Å²) in [5.41, 5.74) is 7.59. The first-order valence-corrected chi connectivity index (χ1v) is 9.61. The lowest BCUT2D eigenvalue weighted by Crippen LogP contribution is -2.52. The van der Waals surface area contributed by atoms with Crippen LogP contribution in [0.3, 0.4) is 0 Å². The number of fused-ring (bicyclic) bond motifs is 2. The van der Waals surface area contributed by atoms with Crippen molar-refractivity contribution in [2.24, 2.45) is 0 Å². The smallest absolute Gasteiger partial charge is 0.393 e. The molecule has 0 amide bonds. The van der Waals surface area contributed by atoms with Crippen molar-refractivity contribution in [2.75, 3.05) is 13.2 Å². The van der Waals surface area contributed by atoms with Gasteiger partial charge in [0.25, 0.3) is 0 Å². The zero-order valence-electron chi connectivity index (χ0n) is 17.0. The first-order chi connectivity index (χ1) is 12.2. The van der Waals surface area contributed by atoms with Gasteiger partial charge in [-0.25, -0.2) is 0 Å². The molecule has 0 atom stereocenters. The molecule has 142 valence electrons. The highest BCUT2D eigenvalue weighted by Gasteiger charge is 2.56. The molecule has 0 N–H and O–H groups in total. The Balaban J connectivity index is 2.40. The lowest BCUT2D eigenvalue weighted by atomic mass is 9.86. The third-order valence-electron chi connectivity index (χ3n) is 6.02. The second-order valence-corrected chi connectivity index (χ2v) is 7.23. The topological polar surface area (TPSA) is 17.2 Å². The van der Waals surface area contributed by atoms with Crippen LogP contribution >= 0.6 is 0 Å². The second-order valence-electron chi connectivity index (χ2n) is 7.23. The maximum absolute atomic E-state index is 15.9. The van der Waals surface area contributed by atoms with E-state index in [0.717, 1.165) is 40.7 Å². The van der Waals surface area contributed by atoms with E-state index in [2.05, 4.69) is 0 Å². The summed E-state index contributed by atoms with van der Waals surface area (Å²) in [6.45, 7) is 10.5. The first kappa shape index (κ1) is 19.1. The van der Waals surface area contributed by atoms with Gasteiger partial charge in [0.05, 0.1) is 0 Å². The Morgan fingerprint density at radius 2 is 1.65 bits per heavy atom. The molecule has 3 nitrogen and oxygen atoms in total.